The number of nitrogens with zero attached hydrogens (tertiary/aromatic N) is 2. The third-order valence-corrected chi connectivity index (χ3v) is 7.08. The van der Waals surface area contributed by atoms with Gasteiger partial charge < -0.3 is 10.2 Å². The number of nitrogens with one attached hydrogen (secondary N) is 1. The molecule has 0 aromatic heterocycles. The molecule has 0 aliphatic carbocycles. The Labute approximate surface area is 156 Å². The summed E-state index contributed by atoms with van der Waals surface area (Å²) < 4.78 is 26.8. The van der Waals surface area contributed by atoms with Gasteiger partial charge in [0.25, 0.3) is 5.91 Å². The van der Waals surface area contributed by atoms with E-state index in [9.17, 15) is 13.2 Å². The Hall–Kier alpha value is -1.44. The molecule has 1 aromatic rings. The van der Waals surface area contributed by atoms with Gasteiger partial charge in [0.2, 0.25) is 10.0 Å². The summed E-state index contributed by atoms with van der Waals surface area (Å²) in [7, 11) is -3.49. The number of piperidine rings is 1. The van der Waals surface area contributed by atoms with Crippen LogP contribution in [0, 0.1) is 0 Å². The second-order valence-corrected chi connectivity index (χ2v) is 9.09. The first-order valence-corrected chi connectivity index (χ1v) is 11.1. The molecule has 2 fully saturated rings. The van der Waals surface area contributed by atoms with E-state index in [0.29, 0.717) is 25.2 Å². The van der Waals surface area contributed by atoms with Crippen molar-refractivity contribution in [3.05, 3.63) is 29.8 Å². The summed E-state index contributed by atoms with van der Waals surface area (Å²) in [5.74, 6) is -0.206. The van der Waals surface area contributed by atoms with Crippen LogP contribution in [0.1, 0.15) is 48.9 Å². The summed E-state index contributed by atoms with van der Waals surface area (Å²) in [5, 5.41) is 2.91. The van der Waals surface area contributed by atoms with Gasteiger partial charge in [0.1, 0.15) is 0 Å². The van der Waals surface area contributed by atoms with Crippen LogP contribution in [0.3, 0.4) is 0 Å². The quantitative estimate of drug-likeness (QED) is 0.737. The third kappa shape index (κ3) is 4.84. The van der Waals surface area contributed by atoms with E-state index in [1.165, 1.54) is 29.6 Å². The first-order chi connectivity index (χ1) is 12.6. The summed E-state index contributed by atoms with van der Waals surface area (Å²) >= 11 is 0. The molecular formula is C19H29N3O3S. The number of hydrogen-bond donors (Lipinski definition) is 1. The smallest absolute Gasteiger partial charge is 0.251 e. The second-order valence-electron chi connectivity index (χ2n) is 7.15. The average molecular weight is 380 g/mol. The molecule has 2 aliphatic heterocycles. The predicted molar refractivity (Wildman–Crippen MR) is 102 cm³/mol. The molecule has 6 nitrogen and oxygen atoms in total. The van der Waals surface area contributed by atoms with Crippen LogP contribution in [-0.4, -0.2) is 62.8 Å². The Morgan fingerprint density at radius 3 is 2.42 bits per heavy atom. The molecule has 0 saturated carbocycles. The number of carbonyl (C=O) groups is 1. The Balaban J connectivity index is 1.53. The summed E-state index contributed by atoms with van der Waals surface area (Å²) in [6, 6.07) is 6.38. The van der Waals surface area contributed by atoms with Crippen LogP contribution in [-0.2, 0) is 10.0 Å². The molecule has 2 heterocycles. The van der Waals surface area contributed by atoms with E-state index in [-0.39, 0.29) is 10.8 Å². The largest absolute Gasteiger partial charge is 0.352 e. The maximum absolute atomic E-state index is 12.6. The van der Waals surface area contributed by atoms with Crippen LogP contribution in [0.4, 0.5) is 0 Å². The molecular weight excluding hydrogens is 350 g/mol. The molecule has 2 saturated heterocycles. The first kappa shape index (κ1) is 19.3. The van der Waals surface area contributed by atoms with Crippen LogP contribution >= 0.6 is 0 Å². The molecule has 26 heavy (non-hydrogen) atoms. The minimum Gasteiger partial charge on any atom is -0.352 e. The Kier molecular flexibility index (Phi) is 6.67. The van der Waals surface area contributed by atoms with E-state index < -0.39 is 10.0 Å². The van der Waals surface area contributed by atoms with Crippen molar-refractivity contribution in [2.75, 3.05) is 39.3 Å². The average Bonchev–Trinajstić information content (AvgIpc) is 3.22. The zero-order valence-electron chi connectivity index (χ0n) is 15.3. The zero-order chi connectivity index (χ0) is 18.4. The van der Waals surface area contributed by atoms with Gasteiger partial charge in [-0.05, 0) is 69.9 Å². The minimum atomic E-state index is -3.49. The van der Waals surface area contributed by atoms with Gasteiger partial charge in [-0.2, -0.15) is 4.31 Å². The summed E-state index contributed by atoms with van der Waals surface area (Å²) in [4.78, 5) is 15.0. The lowest BCUT2D eigenvalue weighted by molar-refractivity contribution is 0.0951. The van der Waals surface area contributed by atoms with Crippen molar-refractivity contribution in [1.29, 1.82) is 0 Å². The Morgan fingerprint density at radius 2 is 1.69 bits per heavy atom. The molecule has 2 aliphatic rings. The maximum atomic E-state index is 12.6. The van der Waals surface area contributed by atoms with Crippen molar-refractivity contribution in [1.82, 2.24) is 14.5 Å². The molecule has 1 aromatic carbocycles. The number of benzene rings is 1. The van der Waals surface area contributed by atoms with Gasteiger partial charge >= 0.3 is 0 Å². The first-order valence-electron chi connectivity index (χ1n) is 9.68. The van der Waals surface area contributed by atoms with E-state index in [0.717, 1.165) is 38.9 Å². The minimum absolute atomic E-state index is 0.206. The number of likely N-dealkylation sites (tertiary alicyclic amines) is 1. The zero-order valence-corrected chi connectivity index (χ0v) is 16.1. The fourth-order valence-corrected chi connectivity index (χ4v) is 5.23. The molecule has 0 bridgehead atoms. The van der Waals surface area contributed by atoms with Gasteiger partial charge in [-0.1, -0.05) is 12.5 Å². The van der Waals surface area contributed by atoms with Crippen LogP contribution in [0.2, 0.25) is 0 Å². The van der Waals surface area contributed by atoms with Crippen molar-refractivity contribution >= 4 is 15.9 Å². The number of amides is 1. The molecule has 3 rings (SSSR count). The summed E-state index contributed by atoms with van der Waals surface area (Å²) in [5.41, 5.74) is 0.406. The van der Waals surface area contributed by atoms with E-state index >= 15 is 0 Å². The van der Waals surface area contributed by atoms with Gasteiger partial charge in [-0.3, -0.25) is 4.79 Å². The van der Waals surface area contributed by atoms with Gasteiger partial charge in [0, 0.05) is 25.2 Å². The lowest BCUT2D eigenvalue weighted by Gasteiger charge is -2.26. The maximum Gasteiger partial charge on any atom is 0.251 e. The number of sulfonamides is 1. The summed E-state index contributed by atoms with van der Waals surface area (Å²) in [6.45, 7) is 5.06. The van der Waals surface area contributed by atoms with Crippen molar-refractivity contribution in [3.63, 3.8) is 0 Å². The number of carbonyl (C=O) groups excluding carboxylic acids is 1. The fourth-order valence-electron chi connectivity index (χ4n) is 3.66. The topological polar surface area (TPSA) is 69.7 Å². The van der Waals surface area contributed by atoms with Crippen molar-refractivity contribution in [3.8, 4) is 0 Å². The van der Waals surface area contributed by atoms with Crippen molar-refractivity contribution in [2.45, 2.75) is 43.4 Å². The molecule has 7 heteroatoms. The van der Waals surface area contributed by atoms with Gasteiger partial charge in [-0.15, -0.1) is 0 Å². The molecule has 1 N–H and O–H groups in total. The van der Waals surface area contributed by atoms with Gasteiger partial charge in [-0.25, -0.2) is 8.42 Å². The van der Waals surface area contributed by atoms with Gasteiger partial charge in [0.05, 0.1) is 4.90 Å². The summed E-state index contributed by atoms with van der Waals surface area (Å²) in [6.07, 6.45) is 6.57. The van der Waals surface area contributed by atoms with Crippen molar-refractivity contribution < 1.29 is 13.2 Å². The normalized spacial score (nSPS) is 19.5. The highest BCUT2D eigenvalue weighted by atomic mass is 32.2. The highest BCUT2D eigenvalue weighted by Crippen LogP contribution is 2.21. The van der Waals surface area contributed by atoms with E-state index in [1.807, 2.05) is 0 Å². The van der Waals surface area contributed by atoms with E-state index in [2.05, 4.69) is 10.2 Å². The van der Waals surface area contributed by atoms with Crippen LogP contribution in [0.25, 0.3) is 0 Å². The van der Waals surface area contributed by atoms with E-state index in [4.69, 9.17) is 0 Å². The fraction of sp³-hybridized carbons (Fsp3) is 0.632. The molecule has 144 valence electrons. The standard InChI is InChI=1S/C19H29N3O3S/c23-19(20-10-7-13-21-11-2-1-3-12-21)17-8-6-9-18(16-17)26(24,25)22-14-4-5-15-22/h6,8-9,16H,1-5,7,10-15H2,(H,20,23). The Bertz CT molecular complexity index is 708. The monoisotopic (exact) mass is 379 g/mol. The highest BCUT2D eigenvalue weighted by molar-refractivity contribution is 7.89. The molecule has 0 unspecified atom stereocenters. The third-order valence-electron chi connectivity index (χ3n) is 5.18. The molecule has 1 amide bonds. The molecule has 0 spiro atoms. The lowest BCUT2D eigenvalue weighted by atomic mass is 10.1. The lowest BCUT2D eigenvalue weighted by Crippen LogP contribution is -2.33. The predicted octanol–water partition coefficient (Wildman–Crippen LogP) is 2.08. The van der Waals surface area contributed by atoms with Crippen molar-refractivity contribution in [2.24, 2.45) is 0 Å². The SMILES string of the molecule is O=C(NCCCN1CCCCC1)c1cccc(S(=O)(=O)N2CCCC2)c1. The number of rotatable bonds is 7. The van der Waals surface area contributed by atoms with Crippen LogP contribution < -0.4 is 5.32 Å². The second kappa shape index (κ2) is 8.97. The van der Waals surface area contributed by atoms with E-state index in [1.54, 1.807) is 18.2 Å². The van der Waals surface area contributed by atoms with Crippen LogP contribution in [0.5, 0.6) is 0 Å². The van der Waals surface area contributed by atoms with Gasteiger partial charge in [0.15, 0.2) is 0 Å². The van der Waals surface area contributed by atoms with Crippen LogP contribution in [0.15, 0.2) is 29.2 Å². The molecule has 0 radical (unpaired) electrons. The highest BCUT2D eigenvalue weighted by Gasteiger charge is 2.27. The molecule has 0 atom stereocenters. The number of hydrogen-bond acceptors (Lipinski definition) is 4. The Morgan fingerprint density at radius 1 is 1.00 bits per heavy atom.